The highest BCUT2D eigenvalue weighted by atomic mass is 79.9. The average molecular weight is 538 g/mol. The van der Waals surface area contributed by atoms with Gasteiger partial charge in [0.15, 0.2) is 6.61 Å². The minimum absolute atomic E-state index is 0.0717. The molecule has 1 saturated heterocycles. The molecule has 30 heavy (non-hydrogen) atoms. The maximum absolute atomic E-state index is 12.4. The summed E-state index contributed by atoms with van der Waals surface area (Å²) in [6.45, 7) is 3.77. The molecule has 2 amide bonds. The Kier molecular flexibility index (Phi) is 7.31. The summed E-state index contributed by atoms with van der Waals surface area (Å²) in [6.07, 6.45) is 0.827. The molecule has 1 aliphatic rings. The van der Waals surface area contributed by atoms with Gasteiger partial charge in [-0.25, -0.2) is 0 Å². The Morgan fingerprint density at radius 1 is 1.17 bits per heavy atom. The number of anilines is 2. The maximum Gasteiger partial charge on any atom is 0.311 e. The minimum Gasteiger partial charge on any atom is -0.455 e. The van der Waals surface area contributed by atoms with Gasteiger partial charge in [0.05, 0.1) is 5.92 Å². The first kappa shape index (κ1) is 22.5. The summed E-state index contributed by atoms with van der Waals surface area (Å²) >= 11 is 6.82. The summed E-state index contributed by atoms with van der Waals surface area (Å²) in [4.78, 5) is 38.6. The van der Waals surface area contributed by atoms with Gasteiger partial charge in [0, 0.05) is 33.3 Å². The molecule has 1 fully saturated rings. The van der Waals surface area contributed by atoms with Crippen molar-refractivity contribution < 1.29 is 19.1 Å². The van der Waals surface area contributed by atoms with E-state index in [4.69, 9.17) is 4.74 Å². The number of nitrogens with one attached hydrogen (secondary N) is 1. The molecule has 1 N–H and O–H groups in total. The fraction of sp³-hybridized carbons (Fsp3) is 0.318. The molecule has 1 aliphatic heterocycles. The zero-order valence-electron chi connectivity index (χ0n) is 16.7. The van der Waals surface area contributed by atoms with Crippen molar-refractivity contribution in [1.82, 2.24) is 0 Å². The van der Waals surface area contributed by atoms with Crippen LogP contribution in [0.1, 0.15) is 24.5 Å². The van der Waals surface area contributed by atoms with Gasteiger partial charge in [-0.2, -0.15) is 0 Å². The van der Waals surface area contributed by atoms with E-state index in [0.717, 1.165) is 37.9 Å². The lowest BCUT2D eigenvalue weighted by molar-refractivity contribution is -0.151. The van der Waals surface area contributed by atoms with E-state index in [1.54, 1.807) is 4.90 Å². The molecule has 8 heteroatoms. The number of esters is 1. The van der Waals surface area contributed by atoms with Crippen LogP contribution >= 0.6 is 31.9 Å². The third kappa shape index (κ3) is 5.29. The molecular weight excluding hydrogens is 516 g/mol. The fourth-order valence-electron chi connectivity index (χ4n) is 3.44. The number of amides is 2. The van der Waals surface area contributed by atoms with E-state index < -0.39 is 17.8 Å². The van der Waals surface area contributed by atoms with Crippen molar-refractivity contribution in [3.63, 3.8) is 0 Å². The molecule has 1 atom stereocenters. The number of hydrogen-bond donors (Lipinski definition) is 1. The summed E-state index contributed by atoms with van der Waals surface area (Å²) in [5.74, 6) is -1.67. The number of ether oxygens (including phenoxy) is 1. The lowest BCUT2D eigenvalue weighted by Crippen LogP contribution is -2.28. The quantitative estimate of drug-likeness (QED) is 0.546. The molecule has 6 nitrogen and oxygen atoms in total. The van der Waals surface area contributed by atoms with Crippen LogP contribution in [0.25, 0.3) is 0 Å². The average Bonchev–Trinajstić information content (AvgIpc) is 3.10. The normalized spacial score (nSPS) is 15.9. The fourth-order valence-corrected chi connectivity index (χ4v) is 4.32. The molecule has 0 aromatic heterocycles. The summed E-state index contributed by atoms with van der Waals surface area (Å²) < 4.78 is 7.06. The Morgan fingerprint density at radius 3 is 2.53 bits per heavy atom. The Morgan fingerprint density at radius 2 is 1.87 bits per heavy atom. The van der Waals surface area contributed by atoms with E-state index in [9.17, 15) is 14.4 Å². The van der Waals surface area contributed by atoms with E-state index in [1.165, 1.54) is 0 Å². The van der Waals surface area contributed by atoms with Crippen LogP contribution in [0, 0.1) is 12.8 Å². The van der Waals surface area contributed by atoms with Gasteiger partial charge in [0.25, 0.3) is 5.91 Å². The van der Waals surface area contributed by atoms with Gasteiger partial charge >= 0.3 is 5.97 Å². The molecule has 0 spiro atoms. The molecule has 0 radical (unpaired) electrons. The van der Waals surface area contributed by atoms with E-state index in [1.807, 2.05) is 50.2 Å². The Hall–Kier alpha value is -2.19. The lowest BCUT2D eigenvalue weighted by atomic mass is 10.1. The Labute approximate surface area is 192 Å². The van der Waals surface area contributed by atoms with Crippen LogP contribution in [-0.2, 0) is 25.5 Å². The maximum atomic E-state index is 12.4. The van der Waals surface area contributed by atoms with Gasteiger partial charge in [-0.05, 0) is 60.9 Å². The Bertz CT molecular complexity index is 976. The van der Waals surface area contributed by atoms with Crippen LogP contribution in [0.2, 0.25) is 0 Å². The van der Waals surface area contributed by atoms with Crippen LogP contribution in [-0.4, -0.2) is 30.9 Å². The second kappa shape index (κ2) is 9.75. The Balaban J connectivity index is 1.56. The first-order chi connectivity index (χ1) is 14.3. The molecule has 0 aliphatic carbocycles. The van der Waals surface area contributed by atoms with Gasteiger partial charge in [-0.3, -0.25) is 14.4 Å². The van der Waals surface area contributed by atoms with Gasteiger partial charge in [-0.1, -0.05) is 38.8 Å². The predicted octanol–water partition coefficient (Wildman–Crippen LogP) is 4.62. The number of aryl methyl sites for hydroxylation is 2. The molecule has 1 heterocycles. The van der Waals surface area contributed by atoms with Crippen molar-refractivity contribution in [2.45, 2.75) is 26.7 Å². The third-order valence-electron chi connectivity index (χ3n) is 4.97. The lowest BCUT2D eigenvalue weighted by Gasteiger charge is -2.17. The van der Waals surface area contributed by atoms with E-state index in [-0.39, 0.29) is 25.5 Å². The van der Waals surface area contributed by atoms with Gasteiger partial charge in [0.1, 0.15) is 0 Å². The molecule has 2 aromatic carbocycles. The molecule has 0 saturated carbocycles. The summed E-state index contributed by atoms with van der Waals surface area (Å²) in [5, 5.41) is 2.83. The number of halogens is 2. The zero-order valence-corrected chi connectivity index (χ0v) is 19.9. The number of carbonyl (C=O) groups is 3. The number of hydrogen-bond acceptors (Lipinski definition) is 4. The van der Waals surface area contributed by atoms with Crippen molar-refractivity contribution in [1.29, 1.82) is 0 Å². The van der Waals surface area contributed by atoms with Crippen LogP contribution in [0.15, 0.2) is 45.3 Å². The molecule has 0 bridgehead atoms. The van der Waals surface area contributed by atoms with Crippen LogP contribution < -0.4 is 10.2 Å². The van der Waals surface area contributed by atoms with Gasteiger partial charge in [0.2, 0.25) is 5.91 Å². The monoisotopic (exact) mass is 536 g/mol. The zero-order chi connectivity index (χ0) is 21.8. The largest absolute Gasteiger partial charge is 0.455 e. The number of carbonyl (C=O) groups excluding carboxylic acids is 3. The van der Waals surface area contributed by atoms with Crippen molar-refractivity contribution in [3.8, 4) is 0 Å². The van der Waals surface area contributed by atoms with Crippen molar-refractivity contribution in [2.75, 3.05) is 23.4 Å². The number of nitrogens with zero attached hydrogens (tertiary/aromatic N) is 1. The van der Waals surface area contributed by atoms with E-state index in [0.29, 0.717) is 0 Å². The highest BCUT2D eigenvalue weighted by Gasteiger charge is 2.36. The topological polar surface area (TPSA) is 75.7 Å². The predicted molar refractivity (Wildman–Crippen MR) is 122 cm³/mol. The molecule has 3 rings (SSSR count). The standard InChI is InChI=1S/C22H22Br2N2O4/c1-3-14-9-17(24)8-13(2)21(14)25-19(27)12-30-22(29)15-10-20(28)26(11-15)18-6-4-16(23)5-7-18/h4-9,15H,3,10-12H2,1-2H3,(H,25,27)/t15-/m0/s1. The van der Waals surface area contributed by atoms with Gasteiger partial charge < -0.3 is 15.0 Å². The first-order valence-electron chi connectivity index (χ1n) is 9.60. The molecular formula is C22H22Br2N2O4. The highest BCUT2D eigenvalue weighted by Crippen LogP contribution is 2.28. The summed E-state index contributed by atoms with van der Waals surface area (Å²) in [6, 6.07) is 11.2. The smallest absolute Gasteiger partial charge is 0.311 e. The van der Waals surface area contributed by atoms with Crippen LogP contribution in [0.3, 0.4) is 0 Å². The number of rotatable bonds is 6. The van der Waals surface area contributed by atoms with Crippen LogP contribution in [0.4, 0.5) is 11.4 Å². The summed E-state index contributed by atoms with van der Waals surface area (Å²) in [5.41, 5.74) is 3.38. The SMILES string of the molecule is CCc1cc(Br)cc(C)c1NC(=O)COC(=O)[C@H]1CC(=O)N(c2ccc(Br)cc2)C1. The minimum atomic E-state index is -0.588. The van der Waals surface area contributed by atoms with E-state index in [2.05, 4.69) is 37.2 Å². The first-order valence-corrected chi connectivity index (χ1v) is 11.2. The second-order valence-electron chi connectivity index (χ2n) is 7.15. The van der Waals surface area contributed by atoms with Crippen molar-refractivity contribution in [2.24, 2.45) is 5.92 Å². The molecule has 158 valence electrons. The van der Waals surface area contributed by atoms with Crippen LogP contribution in [0.5, 0.6) is 0 Å². The van der Waals surface area contributed by atoms with Crippen molar-refractivity contribution in [3.05, 3.63) is 56.5 Å². The molecule has 0 unspecified atom stereocenters. The van der Waals surface area contributed by atoms with Crippen molar-refractivity contribution >= 4 is 61.0 Å². The highest BCUT2D eigenvalue weighted by molar-refractivity contribution is 9.10. The summed E-state index contributed by atoms with van der Waals surface area (Å²) in [7, 11) is 0. The molecule has 2 aromatic rings. The second-order valence-corrected chi connectivity index (χ2v) is 8.98. The third-order valence-corrected chi connectivity index (χ3v) is 5.96. The number of benzene rings is 2. The van der Waals surface area contributed by atoms with Gasteiger partial charge in [-0.15, -0.1) is 0 Å². The van der Waals surface area contributed by atoms with E-state index >= 15 is 0 Å².